The summed E-state index contributed by atoms with van der Waals surface area (Å²) in [5.74, 6) is 0.329. The normalized spacial score (nSPS) is 9.06. The lowest BCUT2D eigenvalue weighted by Crippen LogP contribution is -2.25. The van der Waals surface area contributed by atoms with Crippen LogP contribution in [0, 0.1) is 0 Å². The first kappa shape index (κ1) is 15.3. The maximum atomic E-state index is 8.68. The lowest BCUT2D eigenvalue weighted by molar-refractivity contribution is 0.374. The highest BCUT2D eigenvalue weighted by molar-refractivity contribution is 5.41. The van der Waals surface area contributed by atoms with Gasteiger partial charge in [0, 0.05) is 20.2 Å². The van der Waals surface area contributed by atoms with Crippen LogP contribution >= 0.6 is 0 Å². The number of aliphatic hydroxyl groups excluding tert-OH is 1. The first-order chi connectivity index (χ1) is 8.24. The van der Waals surface area contributed by atoms with Gasteiger partial charge in [0.05, 0.1) is 0 Å². The Labute approximate surface area is 99.1 Å². The van der Waals surface area contributed by atoms with Gasteiger partial charge >= 0.3 is 0 Å². The zero-order chi connectivity index (χ0) is 13.3. The van der Waals surface area contributed by atoms with Crippen molar-refractivity contribution in [2.24, 2.45) is 0 Å². The highest BCUT2D eigenvalue weighted by Crippen LogP contribution is 2.12. The molecule has 1 aromatic rings. The first-order valence-corrected chi connectivity index (χ1v) is 5.01. The third-order valence-corrected chi connectivity index (χ3v) is 1.87. The van der Waals surface area contributed by atoms with Crippen LogP contribution in [0.4, 0.5) is 17.8 Å². The number of aromatic nitrogens is 3. The SMILES string of the molecule is CCN(CC)c1nc(NO)nc(NO)n1.CO. The first-order valence-electron chi connectivity index (χ1n) is 5.01. The van der Waals surface area contributed by atoms with E-state index in [4.69, 9.17) is 15.5 Å². The van der Waals surface area contributed by atoms with E-state index in [-0.39, 0.29) is 11.9 Å². The third-order valence-electron chi connectivity index (χ3n) is 1.87. The van der Waals surface area contributed by atoms with Gasteiger partial charge in [0.2, 0.25) is 5.95 Å². The smallest absolute Gasteiger partial charge is 0.253 e. The van der Waals surface area contributed by atoms with Crippen LogP contribution in [0.1, 0.15) is 13.8 Å². The van der Waals surface area contributed by atoms with Crippen molar-refractivity contribution < 1.29 is 15.5 Å². The molecule has 0 amide bonds. The Balaban J connectivity index is 0.00000121. The largest absolute Gasteiger partial charge is 0.400 e. The number of hydrogen-bond donors (Lipinski definition) is 5. The van der Waals surface area contributed by atoms with Gasteiger partial charge in [0.25, 0.3) is 11.9 Å². The fourth-order valence-corrected chi connectivity index (χ4v) is 1.11. The molecule has 0 aromatic carbocycles. The van der Waals surface area contributed by atoms with Crippen LogP contribution in [-0.2, 0) is 0 Å². The van der Waals surface area contributed by atoms with Crippen LogP contribution in [0.25, 0.3) is 0 Å². The van der Waals surface area contributed by atoms with Crippen LogP contribution in [0.5, 0.6) is 0 Å². The zero-order valence-corrected chi connectivity index (χ0v) is 10.0. The predicted octanol–water partition coefficient (Wildman–Crippen LogP) is -0.0715. The molecule has 0 fully saturated rings. The van der Waals surface area contributed by atoms with E-state index in [1.54, 1.807) is 11.0 Å². The van der Waals surface area contributed by atoms with E-state index >= 15 is 0 Å². The van der Waals surface area contributed by atoms with Gasteiger partial charge in [-0.05, 0) is 13.8 Å². The standard InChI is InChI=1S/C7H14N6O2.CH4O/c1-3-13(4-2)7-9-5(11-14)8-6(10-7)12-15;1-2/h14-15H,3-4H2,1-2H3,(H2,8,9,10,11,12);2H,1H3. The average molecular weight is 246 g/mol. The van der Waals surface area contributed by atoms with Gasteiger partial charge in [0.1, 0.15) is 0 Å². The highest BCUT2D eigenvalue weighted by Gasteiger charge is 2.09. The van der Waals surface area contributed by atoms with Gasteiger partial charge in [-0.1, -0.05) is 0 Å². The summed E-state index contributed by atoms with van der Waals surface area (Å²) >= 11 is 0. The number of hydrogen-bond acceptors (Lipinski definition) is 9. The van der Waals surface area contributed by atoms with Gasteiger partial charge in [-0.2, -0.15) is 15.0 Å². The topological polar surface area (TPSA) is 127 Å². The van der Waals surface area contributed by atoms with Crippen molar-refractivity contribution in [2.45, 2.75) is 13.8 Å². The molecule has 0 saturated heterocycles. The molecule has 1 rings (SSSR count). The van der Waals surface area contributed by atoms with E-state index in [0.29, 0.717) is 5.95 Å². The van der Waals surface area contributed by atoms with E-state index in [9.17, 15) is 0 Å². The van der Waals surface area contributed by atoms with E-state index < -0.39 is 0 Å². The molecule has 0 spiro atoms. The van der Waals surface area contributed by atoms with Crippen molar-refractivity contribution in [3.05, 3.63) is 0 Å². The number of aliphatic hydroxyl groups is 1. The lowest BCUT2D eigenvalue weighted by atomic mass is 10.5. The molecule has 9 heteroatoms. The molecule has 0 atom stereocenters. The molecule has 0 radical (unpaired) electrons. The van der Waals surface area contributed by atoms with E-state index in [0.717, 1.165) is 20.2 Å². The summed E-state index contributed by atoms with van der Waals surface area (Å²) in [5, 5.41) is 24.4. The fraction of sp³-hybridized carbons (Fsp3) is 0.625. The Kier molecular flexibility index (Phi) is 7.59. The Morgan fingerprint density at radius 1 is 0.941 bits per heavy atom. The summed E-state index contributed by atoms with van der Waals surface area (Å²) in [6.07, 6.45) is 0. The second kappa shape index (κ2) is 8.44. The second-order valence-corrected chi connectivity index (χ2v) is 2.68. The highest BCUT2D eigenvalue weighted by atomic mass is 16.5. The maximum Gasteiger partial charge on any atom is 0.253 e. The van der Waals surface area contributed by atoms with Gasteiger partial charge in [-0.25, -0.2) is 11.0 Å². The summed E-state index contributed by atoms with van der Waals surface area (Å²) in [4.78, 5) is 13.4. The minimum atomic E-state index is -0.0246. The predicted molar refractivity (Wildman–Crippen MR) is 62.3 cm³/mol. The van der Waals surface area contributed by atoms with Crippen LogP contribution in [-0.4, -0.2) is 50.7 Å². The molecule has 0 aliphatic carbocycles. The Bertz CT molecular complexity index is 298. The van der Waals surface area contributed by atoms with E-state index in [1.165, 1.54) is 0 Å². The second-order valence-electron chi connectivity index (χ2n) is 2.68. The number of nitrogens with one attached hydrogen (secondary N) is 2. The molecule has 0 saturated carbocycles. The Morgan fingerprint density at radius 3 is 1.65 bits per heavy atom. The fourth-order valence-electron chi connectivity index (χ4n) is 1.11. The monoisotopic (exact) mass is 246 g/mol. The van der Waals surface area contributed by atoms with Crippen molar-refractivity contribution in [1.29, 1.82) is 0 Å². The summed E-state index contributed by atoms with van der Waals surface area (Å²) in [6.45, 7) is 5.34. The molecule has 5 N–H and O–H groups in total. The van der Waals surface area contributed by atoms with E-state index in [1.807, 2.05) is 18.7 Å². The third kappa shape index (κ3) is 4.34. The van der Waals surface area contributed by atoms with Crippen molar-refractivity contribution in [1.82, 2.24) is 15.0 Å². The molecule has 1 aromatic heterocycles. The molecule has 0 bridgehead atoms. The molecule has 17 heavy (non-hydrogen) atoms. The molecule has 0 aliphatic rings. The van der Waals surface area contributed by atoms with Gasteiger partial charge < -0.3 is 10.0 Å². The molecule has 0 aliphatic heterocycles. The molecular formula is C8H18N6O3. The Morgan fingerprint density at radius 2 is 1.35 bits per heavy atom. The molecule has 98 valence electrons. The minimum Gasteiger partial charge on any atom is -0.400 e. The van der Waals surface area contributed by atoms with Gasteiger partial charge in [-0.15, -0.1) is 0 Å². The van der Waals surface area contributed by atoms with Crippen molar-refractivity contribution >= 4 is 17.8 Å². The minimum absolute atomic E-state index is 0.0246. The van der Waals surface area contributed by atoms with Crippen molar-refractivity contribution in [3.8, 4) is 0 Å². The molecule has 0 unspecified atom stereocenters. The van der Waals surface area contributed by atoms with Crippen LogP contribution in [0.3, 0.4) is 0 Å². The number of rotatable bonds is 5. The van der Waals surface area contributed by atoms with Crippen LogP contribution < -0.4 is 15.9 Å². The van der Waals surface area contributed by atoms with Gasteiger partial charge in [0.15, 0.2) is 0 Å². The maximum absolute atomic E-state index is 8.68. The number of nitrogens with zero attached hydrogens (tertiary/aromatic N) is 4. The van der Waals surface area contributed by atoms with Crippen molar-refractivity contribution in [3.63, 3.8) is 0 Å². The Hall–Kier alpha value is -1.71. The quantitative estimate of drug-likeness (QED) is 0.453. The molecular weight excluding hydrogens is 228 g/mol. The zero-order valence-electron chi connectivity index (χ0n) is 10.0. The summed E-state index contributed by atoms with van der Waals surface area (Å²) in [5.41, 5.74) is 3.61. The van der Waals surface area contributed by atoms with Crippen molar-refractivity contribution in [2.75, 3.05) is 36.1 Å². The number of anilines is 3. The molecule has 1 heterocycles. The van der Waals surface area contributed by atoms with Crippen LogP contribution in [0.2, 0.25) is 0 Å². The lowest BCUT2D eigenvalue weighted by Gasteiger charge is -2.18. The van der Waals surface area contributed by atoms with E-state index in [2.05, 4.69) is 15.0 Å². The summed E-state index contributed by atoms with van der Waals surface area (Å²) < 4.78 is 0. The van der Waals surface area contributed by atoms with Crippen LogP contribution in [0.15, 0.2) is 0 Å². The van der Waals surface area contributed by atoms with Gasteiger partial charge in [-0.3, -0.25) is 10.4 Å². The summed E-state index contributed by atoms with van der Waals surface area (Å²) in [7, 11) is 1.00. The molecule has 9 nitrogen and oxygen atoms in total. The average Bonchev–Trinajstić information content (AvgIpc) is 2.42. The summed E-state index contributed by atoms with van der Waals surface area (Å²) in [6, 6.07) is 0.